The molecular weight excluding hydrogens is 302 g/mol. The first-order chi connectivity index (χ1) is 11.5. The maximum Gasteiger partial charge on any atom is 0.240 e. The van der Waals surface area contributed by atoms with Gasteiger partial charge in [0.25, 0.3) is 0 Å². The number of benzene rings is 1. The molecule has 5 heteroatoms. The van der Waals surface area contributed by atoms with Crippen LogP contribution in [0.3, 0.4) is 0 Å². The Balaban J connectivity index is 1.43. The maximum absolute atomic E-state index is 6.04. The van der Waals surface area contributed by atoms with Crippen molar-refractivity contribution in [1.29, 1.82) is 0 Å². The Kier molecular flexibility index (Phi) is 5.31. The Morgan fingerprint density at radius 2 is 1.88 bits per heavy atom. The fourth-order valence-corrected chi connectivity index (χ4v) is 2.84. The minimum absolute atomic E-state index is 0.0694. The fourth-order valence-electron chi connectivity index (χ4n) is 2.84. The van der Waals surface area contributed by atoms with Crippen LogP contribution >= 0.6 is 0 Å². The van der Waals surface area contributed by atoms with Crippen LogP contribution in [-0.4, -0.2) is 34.2 Å². The number of piperidine rings is 1. The third kappa shape index (κ3) is 4.65. The molecule has 0 spiro atoms. The van der Waals surface area contributed by atoms with Crippen molar-refractivity contribution in [2.75, 3.05) is 13.1 Å². The summed E-state index contributed by atoms with van der Waals surface area (Å²) in [5, 5.41) is 4.09. The van der Waals surface area contributed by atoms with Crippen LogP contribution in [0.4, 0.5) is 0 Å². The number of likely N-dealkylation sites (tertiary alicyclic amines) is 1. The molecule has 0 saturated carbocycles. The van der Waals surface area contributed by atoms with E-state index in [0.29, 0.717) is 18.6 Å². The van der Waals surface area contributed by atoms with E-state index in [1.165, 1.54) is 5.56 Å². The molecule has 0 amide bonds. The third-order valence-corrected chi connectivity index (χ3v) is 4.36. The highest BCUT2D eigenvalue weighted by Gasteiger charge is 2.24. The van der Waals surface area contributed by atoms with Gasteiger partial charge in [-0.2, -0.15) is 4.98 Å². The summed E-state index contributed by atoms with van der Waals surface area (Å²) in [6.07, 6.45) is 2.44. The maximum atomic E-state index is 6.04. The van der Waals surface area contributed by atoms with Crippen molar-refractivity contribution >= 4 is 0 Å². The highest BCUT2D eigenvalue weighted by atomic mass is 16.5. The van der Waals surface area contributed by atoms with Gasteiger partial charge in [0.1, 0.15) is 0 Å². The number of ether oxygens (including phenoxy) is 1. The molecule has 0 N–H and O–H groups in total. The van der Waals surface area contributed by atoms with Gasteiger partial charge in [-0.05, 0) is 18.4 Å². The van der Waals surface area contributed by atoms with Crippen LogP contribution in [0.2, 0.25) is 0 Å². The summed E-state index contributed by atoms with van der Waals surface area (Å²) in [4.78, 5) is 6.88. The Labute approximate surface area is 144 Å². The number of hydrogen-bond acceptors (Lipinski definition) is 5. The van der Waals surface area contributed by atoms with Gasteiger partial charge < -0.3 is 9.26 Å². The first kappa shape index (κ1) is 17.1. The fraction of sp³-hybridized carbons (Fsp3) is 0.579. The summed E-state index contributed by atoms with van der Waals surface area (Å²) in [5.74, 6) is 1.49. The average Bonchev–Trinajstić information content (AvgIpc) is 3.04. The molecule has 130 valence electrons. The van der Waals surface area contributed by atoms with Crippen LogP contribution in [0.25, 0.3) is 0 Å². The molecule has 1 aromatic carbocycles. The summed E-state index contributed by atoms with van der Waals surface area (Å²) in [5.41, 5.74) is 1.17. The highest BCUT2D eigenvalue weighted by molar-refractivity contribution is 5.13. The lowest BCUT2D eigenvalue weighted by molar-refractivity contribution is -0.00555. The zero-order valence-corrected chi connectivity index (χ0v) is 14.9. The minimum Gasteiger partial charge on any atom is -0.373 e. The zero-order chi connectivity index (χ0) is 17.0. The van der Waals surface area contributed by atoms with Crippen molar-refractivity contribution in [3.63, 3.8) is 0 Å². The second-order valence-corrected chi connectivity index (χ2v) is 7.53. The molecule has 0 unspecified atom stereocenters. The van der Waals surface area contributed by atoms with Gasteiger partial charge in [0.05, 0.1) is 19.3 Å². The van der Waals surface area contributed by atoms with Gasteiger partial charge in [0.2, 0.25) is 5.89 Å². The lowest BCUT2D eigenvalue weighted by atomic mass is 9.96. The first-order valence-electron chi connectivity index (χ1n) is 8.71. The van der Waals surface area contributed by atoms with Gasteiger partial charge in [-0.1, -0.05) is 56.3 Å². The van der Waals surface area contributed by atoms with Crippen LogP contribution in [0, 0.1) is 0 Å². The molecule has 3 rings (SSSR count). The molecule has 1 aliphatic rings. The van der Waals surface area contributed by atoms with E-state index in [0.717, 1.165) is 38.3 Å². The molecule has 24 heavy (non-hydrogen) atoms. The molecule has 5 nitrogen and oxygen atoms in total. The van der Waals surface area contributed by atoms with Crippen molar-refractivity contribution in [2.45, 2.75) is 58.3 Å². The second kappa shape index (κ2) is 7.45. The Hall–Kier alpha value is -1.72. The summed E-state index contributed by atoms with van der Waals surface area (Å²) >= 11 is 0. The smallest absolute Gasteiger partial charge is 0.240 e. The standard InChI is InChI=1S/C19H27N3O2/c1-19(2,3)18-20-17(24-21-18)13-22-11-9-16(10-12-22)23-14-15-7-5-4-6-8-15/h4-8,16H,9-14H2,1-3H3. The van der Waals surface area contributed by atoms with Crippen molar-refractivity contribution < 1.29 is 9.26 Å². The summed E-state index contributed by atoms with van der Waals surface area (Å²) in [6.45, 7) is 9.73. The Bertz CT molecular complexity index is 626. The van der Waals surface area contributed by atoms with Gasteiger partial charge in [0, 0.05) is 18.5 Å². The van der Waals surface area contributed by atoms with Crippen molar-refractivity contribution in [1.82, 2.24) is 15.0 Å². The number of aromatic nitrogens is 2. The molecule has 2 heterocycles. The summed E-state index contributed by atoms with van der Waals surface area (Å²) in [7, 11) is 0. The van der Waals surface area contributed by atoms with Crippen LogP contribution in [0.5, 0.6) is 0 Å². The van der Waals surface area contributed by atoms with Gasteiger partial charge in [0.15, 0.2) is 5.82 Å². The van der Waals surface area contributed by atoms with Crippen molar-refractivity contribution in [3.8, 4) is 0 Å². The summed E-state index contributed by atoms with van der Waals surface area (Å²) in [6, 6.07) is 10.4. The molecule has 2 aromatic rings. The van der Waals surface area contributed by atoms with E-state index in [2.05, 4.69) is 60.1 Å². The first-order valence-corrected chi connectivity index (χ1v) is 8.71. The summed E-state index contributed by atoms with van der Waals surface area (Å²) < 4.78 is 11.4. The Morgan fingerprint density at radius 1 is 1.17 bits per heavy atom. The molecule has 1 fully saturated rings. The lowest BCUT2D eigenvalue weighted by Crippen LogP contribution is -2.36. The lowest BCUT2D eigenvalue weighted by Gasteiger charge is -2.30. The van der Waals surface area contributed by atoms with Gasteiger partial charge in [-0.3, -0.25) is 4.90 Å². The van der Waals surface area contributed by atoms with Gasteiger partial charge in [-0.25, -0.2) is 0 Å². The van der Waals surface area contributed by atoms with Crippen molar-refractivity contribution in [2.24, 2.45) is 0 Å². The Morgan fingerprint density at radius 3 is 2.50 bits per heavy atom. The molecule has 1 aliphatic heterocycles. The molecular formula is C19H27N3O2. The van der Waals surface area contributed by atoms with E-state index in [4.69, 9.17) is 9.26 Å². The SMILES string of the molecule is CC(C)(C)c1noc(CN2CCC(OCc3ccccc3)CC2)n1. The third-order valence-electron chi connectivity index (χ3n) is 4.36. The predicted octanol–water partition coefficient (Wildman–Crippen LogP) is 3.55. The van der Waals surface area contributed by atoms with Crippen LogP contribution in [0.15, 0.2) is 34.9 Å². The van der Waals surface area contributed by atoms with E-state index in [9.17, 15) is 0 Å². The van der Waals surface area contributed by atoms with E-state index < -0.39 is 0 Å². The predicted molar refractivity (Wildman–Crippen MR) is 92.5 cm³/mol. The molecule has 1 saturated heterocycles. The normalized spacial score (nSPS) is 17.3. The van der Waals surface area contributed by atoms with E-state index in [1.807, 2.05) is 6.07 Å². The number of hydrogen-bond donors (Lipinski definition) is 0. The zero-order valence-electron chi connectivity index (χ0n) is 14.9. The van der Waals surface area contributed by atoms with E-state index >= 15 is 0 Å². The molecule has 0 aliphatic carbocycles. The molecule has 0 bridgehead atoms. The van der Waals surface area contributed by atoms with Crippen LogP contribution < -0.4 is 0 Å². The molecule has 0 radical (unpaired) electrons. The van der Waals surface area contributed by atoms with Crippen LogP contribution in [-0.2, 0) is 23.3 Å². The number of rotatable bonds is 5. The topological polar surface area (TPSA) is 51.4 Å². The van der Waals surface area contributed by atoms with Crippen molar-refractivity contribution in [3.05, 3.63) is 47.6 Å². The van der Waals surface area contributed by atoms with Crippen LogP contribution in [0.1, 0.15) is 50.9 Å². The van der Waals surface area contributed by atoms with E-state index in [1.54, 1.807) is 0 Å². The molecule has 1 aromatic heterocycles. The second-order valence-electron chi connectivity index (χ2n) is 7.53. The average molecular weight is 329 g/mol. The molecule has 0 atom stereocenters. The quantitative estimate of drug-likeness (QED) is 0.839. The highest BCUT2D eigenvalue weighted by Crippen LogP contribution is 2.20. The number of nitrogens with zero attached hydrogens (tertiary/aromatic N) is 3. The largest absolute Gasteiger partial charge is 0.373 e. The monoisotopic (exact) mass is 329 g/mol. The van der Waals surface area contributed by atoms with E-state index in [-0.39, 0.29) is 5.41 Å². The minimum atomic E-state index is -0.0694. The van der Waals surface area contributed by atoms with Gasteiger partial charge in [-0.15, -0.1) is 0 Å². The van der Waals surface area contributed by atoms with Gasteiger partial charge >= 0.3 is 0 Å².